The Bertz CT molecular complexity index is 1340. The molecule has 0 atom stereocenters. The molecule has 232 valence electrons. The van der Waals surface area contributed by atoms with Gasteiger partial charge in [-0.1, -0.05) is 0 Å². The first kappa shape index (κ1) is 31.8. The molecule has 2 aromatic rings. The number of rotatable bonds is 12. The van der Waals surface area contributed by atoms with E-state index < -0.39 is 10.8 Å². The van der Waals surface area contributed by atoms with Crippen LogP contribution in [0, 0.1) is 0 Å². The van der Waals surface area contributed by atoms with E-state index in [-0.39, 0.29) is 36.7 Å². The lowest BCUT2D eigenvalue weighted by Gasteiger charge is -2.38. The first-order chi connectivity index (χ1) is 20.3. The van der Waals surface area contributed by atoms with Crippen LogP contribution in [-0.2, 0) is 20.4 Å². The number of ether oxygens (including phenoxy) is 4. The Balaban J connectivity index is 1.33. The van der Waals surface area contributed by atoms with Crippen molar-refractivity contribution in [3.8, 4) is 23.0 Å². The van der Waals surface area contributed by atoms with Gasteiger partial charge in [0.2, 0.25) is 11.8 Å². The standard InChI is InChI=1S/C32H41N3O8/c1-31(2)21-17-25(42-7)23(40-5)15-19(21)27(36)34(29(31)38)13-9-11-33-12-10-14-35-28(37)20-16-24(41-6)26(43-8)18-22(20)32(3,4)30(35)39/h15-18,33H,9-14H2,1-8H3. The van der Waals surface area contributed by atoms with Gasteiger partial charge in [0.15, 0.2) is 23.0 Å². The fourth-order valence-corrected chi connectivity index (χ4v) is 5.78. The highest BCUT2D eigenvalue weighted by atomic mass is 16.5. The number of nitrogens with zero attached hydrogens (tertiary/aromatic N) is 2. The number of nitrogens with one attached hydrogen (secondary N) is 1. The quantitative estimate of drug-likeness (QED) is 0.291. The van der Waals surface area contributed by atoms with E-state index in [0.29, 0.717) is 71.2 Å². The van der Waals surface area contributed by atoms with Gasteiger partial charge in [0.1, 0.15) is 0 Å². The average Bonchev–Trinajstić information content (AvgIpc) is 3.00. The lowest BCUT2D eigenvalue weighted by Crippen LogP contribution is -2.52. The molecule has 0 radical (unpaired) electrons. The van der Waals surface area contributed by atoms with Crippen LogP contribution in [0.4, 0.5) is 0 Å². The molecule has 43 heavy (non-hydrogen) atoms. The zero-order valence-electron chi connectivity index (χ0n) is 26.2. The number of amides is 4. The number of hydrogen-bond donors (Lipinski definition) is 1. The summed E-state index contributed by atoms with van der Waals surface area (Å²) in [7, 11) is 6.03. The highest BCUT2D eigenvalue weighted by Crippen LogP contribution is 2.42. The number of methoxy groups -OCH3 is 4. The molecule has 2 heterocycles. The first-order valence-corrected chi connectivity index (χ1v) is 14.3. The third-order valence-electron chi connectivity index (χ3n) is 8.38. The third-order valence-corrected chi connectivity index (χ3v) is 8.38. The first-order valence-electron chi connectivity index (χ1n) is 14.3. The van der Waals surface area contributed by atoms with Gasteiger partial charge < -0.3 is 24.3 Å². The number of imide groups is 2. The number of carbonyl (C=O) groups excluding carboxylic acids is 4. The second kappa shape index (κ2) is 12.2. The molecule has 0 unspecified atom stereocenters. The molecule has 4 rings (SSSR count). The van der Waals surface area contributed by atoms with Gasteiger partial charge in [0.05, 0.1) is 39.3 Å². The minimum atomic E-state index is -0.911. The maximum absolute atomic E-state index is 13.3. The summed E-state index contributed by atoms with van der Waals surface area (Å²) < 4.78 is 21.5. The largest absolute Gasteiger partial charge is 0.493 e. The van der Waals surface area contributed by atoms with Crippen molar-refractivity contribution in [1.29, 1.82) is 0 Å². The van der Waals surface area contributed by atoms with E-state index in [1.54, 1.807) is 52.0 Å². The monoisotopic (exact) mass is 595 g/mol. The fraction of sp³-hybridized carbons (Fsp3) is 0.500. The van der Waals surface area contributed by atoms with Crippen LogP contribution in [0.2, 0.25) is 0 Å². The Morgan fingerprint density at radius 3 is 1.23 bits per heavy atom. The van der Waals surface area contributed by atoms with Crippen molar-refractivity contribution in [2.24, 2.45) is 0 Å². The SMILES string of the molecule is COc1cc2c(cc1OC)C(C)(C)C(=O)N(CCCNCCCN1C(=O)c3cc(OC)c(OC)cc3C(C)(C)C1=O)C2=O. The maximum atomic E-state index is 13.3. The van der Waals surface area contributed by atoms with Gasteiger partial charge in [-0.3, -0.25) is 29.0 Å². The Kier molecular flexibility index (Phi) is 9.05. The summed E-state index contributed by atoms with van der Waals surface area (Å²) in [6, 6.07) is 6.66. The van der Waals surface area contributed by atoms with Crippen molar-refractivity contribution in [3.63, 3.8) is 0 Å². The summed E-state index contributed by atoms with van der Waals surface area (Å²) in [5, 5.41) is 3.30. The maximum Gasteiger partial charge on any atom is 0.260 e. The van der Waals surface area contributed by atoms with E-state index in [1.807, 2.05) is 0 Å². The van der Waals surface area contributed by atoms with Crippen LogP contribution in [0.5, 0.6) is 23.0 Å². The predicted octanol–water partition coefficient (Wildman–Crippen LogP) is 3.31. The van der Waals surface area contributed by atoms with Crippen LogP contribution < -0.4 is 24.3 Å². The van der Waals surface area contributed by atoms with Crippen LogP contribution in [0.25, 0.3) is 0 Å². The van der Waals surface area contributed by atoms with Crippen LogP contribution in [0.15, 0.2) is 24.3 Å². The second-order valence-electron chi connectivity index (χ2n) is 11.7. The van der Waals surface area contributed by atoms with Crippen molar-refractivity contribution in [2.45, 2.75) is 51.4 Å². The summed E-state index contributed by atoms with van der Waals surface area (Å²) in [4.78, 5) is 55.8. The third kappa shape index (κ3) is 5.53. The molecule has 11 nitrogen and oxygen atoms in total. The average molecular weight is 596 g/mol. The number of hydrogen-bond acceptors (Lipinski definition) is 9. The van der Waals surface area contributed by atoms with Crippen molar-refractivity contribution in [3.05, 3.63) is 46.5 Å². The Morgan fingerprint density at radius 1 is 0.581 bits per heavy atom. The second-order valence-corrected chi connectivity index (χ2v) is 11.7. The molecule has 0 spiro atoms. The highest BCUT2D eigenvalue weighted by molar-refractivity contribution is 6.14. The smallest absolute Gasteiger partial charge is 0.260 e. The molecular formula is C32H41N3O8. The zero-order chi connectivity index (χ0) is 31.7. The van der Waals surface area contributed by atoms with Crippen LogP contribution in [0.1, 0.15) is 72.4 Å². The minimum Gasteiger partial charge on any atom is -0.493 e. The minimum absolute atomic E-state index is 0.251. The molecular weight excluding hydrogens is 554 g/mol. The van der Waals surface area contributed by atoms with Crippen molar-refractivity contribution in [1.82, 2.24) is 15.1 Å². The van der Waals surface area contributed by atoms with Gasteiger partial charge in [-0.05, 0) is 89.0 Å². The molecule has 0 aromatic heterocycles. The molecule has 1 N–H and O–H groups in total. The number of carbonyl (C=O) groups is 4. The van der Waals surface area contributed by atoms with Crippen LogP contribution >= 0.6 is 0 Å². The van der Waals surface area contributed by atoms with Gasteiger partial charge in [0.25, 0.3) is 11.8 Å². The van der Waals surface area contributed by atoms with E-state index in [9.17, 15) is 19.2 Å². The van der Waals surface area contributed by atoms with Gasteiger partial charge in [-0.25, -0.2) is 0 Å². The van der Waals surface area contributed by atoms with E-state index in [2.05, 4.69) is 5.32 Å². The van der Waals surface area contributed by atoms with Gasteiger partial charge in [0, 0.05) is 24.2 Å². The van der Waals surface area contributed by atoms with Crippen LogP contribution in [0.3, 0.4) is 0 Å². The molecule has 2 aromatic carbocycles. The summed E-state index contributed by atoms with van der Waals surface area (Å²) in [5.74, 6) is 0.532. The van der Waals surface area contributed by atoms with E-state index >= 15 is 0 Å². The summed E-state index contributed by atoms with van der Waals surface area (Å²) >= 11 is 0. The molecule has 0 saturated carbocycles. The van der Waals surface area contributed by atoms with Gasteiger partial charge in [-0.15, -0.1) is 0 Å². The normalized spacial score (nSPS) is 17.0. The molecule has 2 aliphatic rings. The fourth-order valence-electron chi connectivity index (χ4n) is 5.78. The predicted molar refractivity (Wildman–Crippen MR) is 159 cm³/mol. The molecule has 0 bridgehead atoms. The summed E-state index contributed by atoms with van der Waals surface area (Å²) in [6.45, 7) is 8.79. The Labute approximate surface area is 252 Å². The Morgan fingerprint density at radius 2 is 0.907 bits per heavy atom. The van der Waals surface area contributed by atoms with Crippen LogP contribution in [-0.4, -0.2) is 88.0 Å². The Hall–Kier alpha value is -4.12. The molecule has 2 aliphatic heterocycles. The van der Waals surface area contributed by atoms with E-state index in [1.165, 1.54) is 38.2 Å². The number of fused-ring (bicyclic) bond motifs is 2. The van der Waals surface area contributed by atoms with Gasteiger partial charge in [-0.2, -0.15) is 0 Å². The lowest BCUT2D eigenvalue weighted by molar-refractivity contribution is -0.135. The van der Waals surface area contributed by atoms with E-state index in [0.717, 1.165) is 0 Å². The molecule has 11 heteroatoms. The number of benzene rings is 2. The van der Waals surface area contributed by atoms with Crippen molar-refractivity contribution >= 4 is 23.6 Å². The zero-order valence-corrected chi connectivity index (χ0v) is 26.2. The van der Waals surface area contributed by atoms with E-state index in [4.69, 9.17) is 18.9 Å². The summed E-state index contributed by atoms with van der Waals surface area (Å²) in [5.41, 5.74) is 0.244. The highest BCUT2D eigenvalue weighted by Gasteiger charge is 2.46. The molecule has 0 aliphatic carbocycles. The van der Waals surface area contributed by atoms with Crippen molar-refractivity contribution in [2.75, 3.05) is 54.6 Å². The molecule has 4 amide bonds. The lowest BCUT2D eigenvalue weighted by atomic mass is 9.77. The van der Waals surface area contributed by atoms with Gasteiger partial charge >= 0.3 is 0 Å². The molecule has 0 saturated heterocycles. The van der Waals surface area contributed by atoms with Crippen molar-refractivity contribution < 1.29 is 38.1 Å². The topological polar surface area (TPSA) is 124 Å². The summed E-state index contributed by atoms with van der Waals surface area (Å²) in [6.07, 6.45) is 1.08. The molecule has 0 fully saturated rings.